The predicted molar refractivity (Wildman–Crippen MR) is 92.6 cm³/mol. The molecule has 2 aromatic carbocycles. The van der Waals surface area contributed by atoms with E-state index < -0.39 is 34.3 Å². The van der Waals surface area contributed by atoms with Gasteiger partial charge < -0.3 is 10.1 Å². The zero-order valence-electron chi connectivity index (χ0n) is 14.1. The van der Waals surface area contributed by atoms with E-state index in [1.165, 1.54) is 56.6 Å². The van der Waals surface area contributed by atoms with Gasteiger partial charge in [0.05, 0.1) is 10.5 Å². The Morgan fingerprint density at radius 2 is 1.81 bits per heavy atom. The van der Waals surface area contributed by atoms with Gasteiger partial charge in [-0.1, -0.05) is 12.1 Å². The fourth-order valence-electron chi connectivity index (χ4n) is 1.97. The Balaban J connectivity index is 1.99. The maximum Gasteiger partial charge on any atom is 0.338 e. The van der Waals surface area contributed by atoms with Gasteiger partial charge in [-0.25, -0.2) is 21.9 Å². The van der Waals surface area contributed by atoms with E-state index in [0.29, 0.717) is 0 Å². The SMILES string of the molecule is CN(C)S(=O)(=O)c1cccc(NC(=O)COC(=O)c2cccc(F)c2)c1. The molecule has 138 valence electrons. The number of carbonyl (C=O) groups is 2. The van der Waals surface area contributed by atoms with Crippen LogP contribution in [0.4, 0.5) is 10.1 Å². The Kier molecular flexibility index (Phi) is 6.06. The number of hydrogen-bond donors (Lipinski definition) is 1. The first-order valence-electron chi connectivity index (χ1n) is 7.45. The fraction of sp³-hybridized carbons (Fsp3) is 0.176. The fourth-order valence-corrected chi connectivity index (χ4v) is 2.92. The summed E-state index contributed by atoms with van der Waals surface area (Å²) >= 11 is 0. The highest BCUT2D eigenvalue weighted by molar-refractivity contribution is 7.89. The molecule has 0 heterocycles. The minimum Gasteiger partial charge on any atom is -0.452 e. The number of sulfonamides is 1. The number of hydrogen-bond acceptors (Lipinski definition) is 5. The number of halogens is 1. The molecule has 1 amide bonds. The zero-order valence-corrected chi connectivity index (χ0v) is 14.9. The molecule has 0 atom stereocenters. The molecule has 0 saturated heterocycles. The second-order valence-electron chi connectivity index (χ2n) is 5.45. The van der Waals surface area contributed by atoms with Gasteiger partial charge in [-0.3, -0.25) is 4.79 Å². The Morgan fingerprint density at radius 1 is 1.12 bits per heavy atom. The maximum absolute atomic E-state index is 13.1. The summed E-state index contributed by atoms with van der Waals surface area (Å²) in [7, 11) is -0.849. The first-order valence-corrected chi connectivity index (χ1v) is 8.89. The lowest BCUT2D eigenvalue weighted by Gasteiger charge is -2.12. The third-order valence-electron chi connectivity index (χ3n) is 3.29. The molecule has 1 N–H and O–H groups in total. The van der Waals surface area contributed by atoms with Gasteiger partial charge in [0, 0.05) is 19.8 Å². The number of amides is 1. The third-order valence-corrected chi connectivity index (χ3v) is 5.10. The van der Waals surface area contributed by atoms with Crippen molar-refractivity contribution in [2.45, 2.75) is 4.90 Å². The molecule has 7 nitrogen and oxygen atoms in total. The van der Waals surface area contributed by atoms with Crippen LogP contribution in [0.25, 0.3) is 0 Å². The van der Waals surface area contributed by atoms with Crippen molar-refractivity contribution in [2.24, 2.45) is 0 Å². The van der Waals surface area contributed by atoms with Gasteiger partial charge in [0.1, 0.15) is 5.82 Å². The quantitative estimate of drug-likeness (QED) is 0.773. The summed E-state index contributed by atoms with van der Waals surface area (Å²) < 4.78 is 43.1. The van der Waals surface area contributed by atoms with Crippen molar-refractivity contribution in [2.75, 3.05) is 26.0 Å². The molecular weight excluding hydrogens is 363 g/mol. The molecule has 2 aromatic rings. The molecule has 9 heteroatoms. The van der Waals surface area contributed by atoms with Crippen molar-refractivity contribution >= 4 is 27.6 Å². The summed E-state index contributed by atoms with van der Waals surface area (Å²) in [5.41, 5.74) is 0.219. The Bertz CT molecular complexity index is 928. The van der Waals surface area contributed by atoms with Crippen LogP contribution in [0.1, 0.15) is 10.4 Å². The van der Waals surface area contributed by atoms with Crippen LogP contribution in [0.15, 0.2) is 53.4 Å². The molecule has 0 spiro atoms. The van der Waals surface area contributed by atoms with Crippen LogP contribution in [0.5, 0.6) is 0 Å². The highest BCUT2D eigenvalue weighted by Crippen LogP contribution is 2.18. The summed E-state index contributed by atoms with van der Waals surface area (Å²) in [5, 5.41) is 2.44. The average molecular weight is 380 g/mol. The molecule has 0 saturated carbocycles. The van der Waals surface area contributed by atoms with Gasteiger partial charge in [-0.15, -0.1) is 0 Å². The smallest absolute Gasteiger partial charge is 0.338 e. The molecule has 0 aliphatic rings. The number of rotatable bonds is 6. The number of nitrogens with one attached hydrogen (secondary N) is 1. The van der Waals surface area contributed by atoms with Gasteiger partial charge in [0.15, 0.2) is 6.61 Å². The lowest BCUT2D eigenvalue weighted by atomic mass is 10.2. The molecule has 2 rings (SSSR count). The number of esters is 1. The predicted octanol–water partition coefficient (Wildman–Crippen LogP) is 1.87. The van der Waals surface area contributed by atoms with E-state index >= 15 is 0 Å². The van der Waals surface area contributed by atoms with Crippen molar-refractivity contribution < 1.29 is 27.1 Å². The minimum absolute atomic E-state index is 0.0112. The van der Waals surface area contributed by atoms with Crippen molar-refractivity contribution in [3.8, 4) is 0 Å². The Hall–Kier alpha value is -2.78. The summed E-state index contributed by atoms with van der Waals surface area (Å²) in [4.78, 5) is 23.7. The molecule has 26 heavy (non-hydrogen) atoms. The number of anilines is 1. The van der Waals surface area contributed by atoms with E-state index in [1.54, 1.807) is 0 Å². The Morgan fingerprint density at radius 3 is 2.46 bits per heavy atom. The summed E-state index contributed by atoms with van der Waals surface area (Å²) in [5.74, 6) is -2.10. The van der Waals surface area contributed by atoms with E-state index in [0.717, 1.165) is 10.4 Å². The van der Waals surface area contributed by atoms with Crippen LogP contribution >= 0.6 is 0 Å². The van der Waals surface area contributed by atoms with Crippen molar-refractivity contribution in [3.05, 3.63) is 59.9 Å². The van der Waals surface area contributed by atoms with Crippen LogP contribution in [-0.4, -0.2) is 45.3 Å². The normalized spacial score (nSPS) is 11.2. The van der Waals surface area contributed by atoms with E-state index in [2.05, 4.69) is 5.32 Å². The third kappa shape index (κ3) is 4.87. The van der Waals surface area contributed by atoms with E-state index in [-0.39, 0.29) is 16.1 Å². The van der Waals surface area contributed by atoms with Gasteiger partial charge >= 0.3 is 5.97 Å². The standard InChI is InChI=1S/C17H17FN2O5S/c1-20(2)26(23,24)15-8-4-7-14(10-15)19-16(21)11-25-17(22)12-5-3-6-13(18)9-12/h3-10H,11H2,1-2H3,(H,19,21). The highest BCUT2D eigenvalue weighted by atomic mass is 32.2. The molecule has 0 unspecified atom stereocenters. The van der Waals surface area contributed by atoms with Gasteiger partial charge in [0.25, 0.3) is 5.91 Å². The lowest BCUT2D eigenvalue weighted by Crippen LogP contribution is -2.23. The molecule has 0 aliphatic heterocycles. The molecule has 0 radical (unpaired) electrons. The maximum atomic E-state index is 13.1. The van der Waals surface area contributed by atoms with Crippen molar-refractivity contribution in [3.63, 3.8) is 0 Å². The second kappa shape index (κ2) is 8.07. The van der Waals surface area contributed by atoms with Crippen LogP contribution < -0.4 is 5.32 Å². The number of benzene rings is 2. The van der Waals surface area contributed by atoms with Gasteiger partial charge in [0.2, 0.25) is 10.0 Å². The molecule has 0 aromatic heterocycles. The van der Waals surface area contributed by atoms with Crippen LogP contribution in [0, 0.1) is 5.82 Å². The number of ether oxygens (including phenoxy) is 1. The topological polar surface area (TPSA) is 92.8 Å². The highest BCUT2D eigenvalue weighted by Gasteiger charge is 2.18. The molecule has 0 fully saturated rings. The largest absolute Gasteiger partial charge is 0.452 e. The van der Waals surface area contributed by atoms with Crippen molar-refractivity contribution in [1.29, 1.82) is 0 Å². The lowest BCUT2D eigenvalue weighted by molar-refractivity contribution is -0.119. The van der Waals surface area contributed by atoms with E-state index in [1.807, 2.05) is 0 Å². The van der Waals surface area contributed by atoms with Gasteiger partial charge in [-0.2, -0.15) is 0 Å². The summed E-state index contributed by atoms with van der Waals surface area (Å²) in [6, 6.07) is 10.6. The first kappa shape index (κ1) is 19.5. The first-order chi connectivity index (χ1) is 12.2. The summed E-state index contributed by atoms with van der Waals surface area (Å²) in [6.45, 7) is -0.597. The van der Waals surface area contributed by atoms with E-state index in [9.17, 15) is 22.4 Å². The summed E-state index contributed by atoms with van der Waals surface area (Å²) in [6.07, 6.45) is 0. The zero-order chi connectivity index (χ0) is 19.3. The van der Waals surface area contributed by atoms with Crippen LogP contribution in [0.2, 0.25) is 0 Å². The second-order valence-corrected chi connectivity index (χ2v) is 7.60. The van der Waals surface area contributed by atoms with Crippen LogP contribution in [-0.2, 0) is 19.6 Å². The number of nitrogens with zero attached hydrogens (tertiary/aromatic N) is 1. The van der Waals surface area contributed by atoms with Gasteiger partial charge in [-0.05, 0) is 36.4 Å². The molecular formula is C17H17FN2O5S. The van der Waals surface area contributed by atoms with E-state index in [4.69, 9.17) is 4.74 Å². The molecule has 0 aliphatic carbocycles. The monoisotopic (exact) mass is 380 g/mol. The molecule has 0 bridgehead atoms. The van der Waals surface area contributed by atoms with Crippen LogP contribution in [0.3, 0.4) is 0 Å². The Labute approximate surface area is 150 Å². The minimum atomic E-state index is -3.64. The average Bonchev–Trinajstić information content (AvgIpc) is 2.59. The number of carbonyl (C=O) groups excluding carboxylic acids is 2. The van der Waals surface area contributed by atoms with Crippen molar-refractivity contribution in [1.82, 2.24) is 4.31 Å².